The molecule has 0 heterocycles. The summed E-state index contributed by atoms with van der Waals surface area (Å²) in [6.07, 6.45) is -0.993. The fourth-order valence-corrected chi connectivity index (χ4v) is 2.78. The molecule has 0 fully saturated rings. The highest BCUT2D eigenvalue weighted by atomic mass is 35.5. The molecular formula is C21H18ClNO4. The fourth-order valence-electron chi connectivity index (χ4n) is 2.61. The van der Waals surface area contributed by atoms with Gasteiger partial charge in [-0.25, -0.2) is 4.79 Å². The van der Waals surface area contributed by atoms with Crippen molar-refractivity contribution in [2.45, 2.75) is 13.0 Å². The van der Waals surface area contributed by atoms with E-state index in [0.717, 1.165) is 10.8 Å². The van der Waals surface area contributed by atoms with Crippen LogP contribution in [0.1, 0.15) is 17.3 Å². The molecule has 6 heteroatoms. The molecule has 138 valence electrons. The van der Waals surface area contributed by atoms with E-state index in [-0.39, 0.29) is 0 Å². The number of fused-ring (bicyclic) bond motifs is 1. The summed E-state index contributed by atoms with van der Waals surface area (Å²) in [5.74, 6) is -0.591. The molecule has 0 aliphatic carbocycles. The highest BCUT2D eigenvalue weighted by Crippen LogP contribution is 2.28. The summed E-state index contributed by atoms with van der Waals surface area (Å²) in [4.78, 5) is 24.8. The van der Waals surface area contributed by atoms with Gasteiger partial charge in [0.05, 0.1) is 18.4 Å². The minimum atomic E-state index is -0.993. The second-order valence-electron chi connectivity index (χ2n) is 5.94. The van der Waals surface area contributed by atoms with Gasteiger partial charge in [-0.3, -0.25) is 4.79 Å². The first-order valence-corrected chi connectivity index (χ1v) is 8.70. The number of ether oxygens (including phenoxy) is 2. The number of hydrogen-bond donors (Lipinski definition) is 1. The molecule has 0 aromatic heterocycles. The Labute approximate surface area is 161 Å². The molecule has 0 bridgehead atoms. The lowest BCUT2D eigenvalue weighted by molar-refractivity contribution is -0.123. The average Bonchev–Trinajstić information content (AvgIpc) is 2.67. The number of anilines is 1. The van der Waals surface area contributed by atoms with Crippen LogP contribution in [-0.2, 0) is 9.53 Å². The van der Waals surface area contributed by atoms with Crippen molar-refractivity contribution in [3.8, 4) is 5.75 Å². The molecule has 0 radical (unpaired) electrons. The van der Waals surface area contributed by atoms with Crippen LogP contribution in [-0.4, -0.2) is 25.1 Å². The van der Waals surface area contributed by atoms with E-state index < -0.39 is 18.0 Å². The predicted octanol–water partition coefficient (Wildman–Crippen LogP) is 4.69. The Balaban J connectivity index is 1.70. The third-order valence-electron chi connectivity index (χ3n) is 4.06. The molecule has 1 amide bonds. The lowest BCUT2D eigenvalue weighted by atomic mass is 10.1. The quantitative estimate of drug-likeness (QED) is 0.649. The second-order valence-corrected chi connectivity index (χ2v) is 6.38. The van der Waals surface area contributed by atoms with Crippen LogP contribution in [0.25, 0.3) is 10.8 Å². The lowest BCUT2D eigenvalue weighted by Crippen LogP contribution is -2.30. The van der Waals surface area contributed by atoms with Gasteiger partial charge in [0, 0.05) is 5.02 Å². The van der Waals surface area contributed by atoms with Crippen molar-refractivity contribution < 1.29 is 19.1 Å². The third-order valence-corrected chi connectivity index (χ3v) is 4.29. The number of carbonyl (C=O) groups excluding carboxylic acids is 2. The molecule has 0 aliphatic heterocycles. The number of rotatable bonds is 5. The van der Waals surface area contributed by atoms with Gasteiger partial charge in [-0.2, -0.15) is 0 Å². The number of benzene rings is 3. The van der Waals surface area contributed by atoms with Gasteiger partial charge in [0.15, 0.2) is 6.10 Å². The van der Waals surface area contributed by atoms with Crippen LogP contribution in [0.5, 0.6) is 5.75 Å². The Morgan fingerprint density at radius 2 is 1.74 bits per heavy atom. The SMILES string of the molecule is COc1ccc(Cl)cc1NC(=O)[C@H](C)OC(=O)c1ccc2ccccc2c1. The first-order chi connectivity index (χ1) is 13.0. The molecule has 1 N–H and O–H groups in total. The highest BCUT2D eigenvalue weighted by molar-refractivity contribution is 6.31. The van der Waals surface area contributed by atoms with Crippen molar-refractivity contribution >= 4 is 39.9 Å². The monoisotopic (exact) mass is 383 g/mol. The van der Waals surface area contributed by atoms with E-state index in [4.69, 9.17) is 21.1 Å². The summed E-state index contributed by atoms with van der Waals surface area (Å²) in [6.45, 7) is 1.51. The van der Waals surface area contributed by atoms with Gasteiger partial charge < -0.3 is 14.8 Å². The smallest absolute Gasteiger partial charge is 0.338 e. The van der Waals surface area contributed by atoms with Crippen LogP contribution in [0.3, 0.4) is 0 Å². The Morgan fingerprint density at radius 1 is 1.00 bits per heavy atom. The van der Waals surface area contributed by atoms with E-state index in [1.807, 2.05) is 30.3 Å². The maximum Gasteiger partial charge on any atom is 0.338 e. The number of amides is 1. The summed E-state index contributed by atoms with van der Waals surface area (Å²) in [5.41, 5.74) is 0.789. The predicted molar refractivity (Wildman–Crippen MR) is 105 cm³/mol. The summed E-state index contributed by atoms with van der Waals surface area (Å²) in [7, 11) is 1.49. The molecule has 3 aromatic carbocycles. The maximum atomic E-state index is 12.4. The van der Waals surface area contributed by atoms with Crippen molar-refractivity contribution in [1.29, 1.82) is 0 Å². The minimum absolute atomic E-state index is 0.383. The molecule has 0 saturated carbocycles. The van der Waals surface area contributed by atoms with Gasteiger partial charge in [-0.05, 0) is 48.0 Å². The summed E-state index contributed by atoms with van der Waals surface area (Å²) in [6, 6.07) is 17.8. The molecule has 3 rings (SSSR count). The van der Waals surface area contributed by atoms with Gasteiger partial charge in [0.25, 0.3) is 5.91 Å². The van der Waals surface area contributed by atoms with Crippen molar-refractivity contribution in [1.82, 2.24) is 0 Å². The normalized spacial score (nSPS) is 11.7. The van der Waals surface area contributed by atoms with E-state index in [1.165, 1.54) is 14.0 Å². The van der Waals surface area contributed by atoms with E-state index >= 15 is 0 Å². The van der Waals surface area contributed by atoms with E-state index in [9.17, 15) is 9.59 Å². The first kappa shape index (κ1) is 18.7. The number of nitrogens with one attached hydrogen (secondary N) is 1. The molecule has 1 atom stereocenters. The zero-order chi connectivity index (χ0) is 19.4. The topological polar surface area (TPSA) is 64.6 Å². The fraction of sp³-hybridized carbons (Fsp3) is 0.143. The highest BCUT2D eigenvalue weighted by Gasteiger charge is 2.20. The van der Waals surface area contributed by atoms with Crippen LogP contribution >= 0.6 is 11.6 Å². The zero-order valence-electron chi connectivity index (χ0n) is 14.9. The number of hydrogen-bond acceptors (Lipinski definition) is 4. The van der Waals surface area contributed by atoms with Gasteiger partial charge >= 0.3 is 5.97 Å². The standard InChI is InChI=1S/C21H18ClNO4/c1-13(20(24)23-18-12-17(22)9-10-19(18)26-2)27-21(25)16-8-7-14-5-3-4-6-15(14)11-16/h3-13H,1-2H3,(H,23,24)/t13-/m0/s1. The zero-order valence-corrected chi connectivity index (χ0v) is 15.6. The molecular weight excluding hydrogens is 366 g/mol. The summed E-state index contributed by atoms with van der Waals surface area (Å²) >= 11 is 5.96. The van der Waals surface area contributed by atoms with Crippen molar-refractivity contribution in [3.63, 3.8) is 0 Å². The van der Waals surface area contributed by atoms with Crippen molar-refractivity contribution in [2.24, 2.45) is 0 Å². The Morgan fingerprint density at radius 3 is 2.48 bits per heavy atom. The van der Waals surface area contributed by atoms with E-state index in [1.54, 1.807) is 30.3 Å². The molecule has 0 aliphatic rings. The Hall–Kier alpha value is -3.05. The van der Waals surface area contributed by atoms with Gasteiger partial charge in [-0.15, -0.1) is 0 Å². The first-order valence-electron chi connectivity index (χ1n) is 8.32. The van der Waals surface area contributed by atoms with Crippen LogP contribution < -0.4 is 10.1 Å². The minimum Gasteiger partial charge on any atom is -0.495 e. The average molecular weight is 384 g/mol. The summed E-state index contributed by atoms with van der Waals surface area (Å²) in [5, 5.41) is 5.06. The second kappa shape index (κ2) is 8.10. The van der Waals surface area contributed by atoms with Crippen molar-refractivity contribution in [3.05, 3.63) is 71.2 Å². The number of carbonyl (C=O) groups is 2. The van der Waals surface area contributed by atoms with E-state index in [0.29, 0.717) is 22.0 Å². The number of esters is 1. The van der Waals surface area contributed by atoms with Crippen LogP contribution in [0.15, 0.2) is 60.7 Å². The van der Waals surface area contributed by atoms with Crippen LogP contribution in [0, 0.1) is 0 Å². The Bertz CT molecular complexity index is 1000. The molecule has 3 aromatic rings. The molecule has 27 heavy (non-hydrogen) atoms. The van der Waals surface area contributed by atoms with E-state index in [2.05, 4.69) is 5.32 Å². The third kappa shape index (κ3) is 4.38. The van der Waals surface area contributed by atoms with Gasteiger partial charge in [0.1, 0.15) is 5.75 Å². The maximum absolute atomic E-state index is 12.4. The summed E-state index contributed by atoms with van der Waals surface area (Å²) < 4.78 is 10.5. The van der Waals surface area contributed by atoms with Gasteiger partial charge in [-0.1, -0.05) is 41.9 Å². The van der Waals surface area contributed by atoms with Crippen LogP contribution in [0.4, 0.5) is 5.69 Å². The molecule has 5 nitrogen and oxygen atoms in total. The van der Waals surface area contributed by atoms with Gasteiger partial charge in [0.2, 0.25) is 0 Å². The molecule has 0 unspecified atom stereocenters. The largest absolute Gasteiger partial charge is 0.495 e. The lowest BCUT2D eigenvalue weighted by Gasteiger charge is -2.15. The van der Waals surface area contributed by atoms with Crippen LogP contribution in [0.2, 0.25) is 5.02 Å². The Kier molecular flexibility index (Phi) is 5.62. The molecule has 0 spiro atoms. The number of halogens is 1. The molecule has 0 saturated heterocycles. The number of methoxy groups -OCH3 is 1. The van der Waals surface area contributed by atoms with Crippen molar-refractivity contribution in [2.75, 3.05) is 12.4 Å².